The fraction of sp³-hybridized carbons (Fsp3) is 0.759. The van der Waals surface area contributed by atoms with Crippen molar-refractivity contribution in [3.63, 3.8) is 0 Å². The van der Waals surface area contributed by atoms with E-state index in [1.54, 1.807) is 23.6 Å². The van der Waals surface area contributed by atoms with E-state index in [0.717, 1.165) is 6.29 Å². The van der Waals surface area contributed by atoms with Crippen LogP contribution in [0.1, 0.15) is 52.4 Å². The molecule has 0 saturated carbocycles. The van der Waals surface area contributed by atoms with Gasteiger partial charge in [0.25, 0.3) is 0 Å². The van der Waals surface area contributed by atoms with E-state index in [9.17, 15) is 33.6 Å². The van der Waals surface area contributed by atoms with Gasteiger partial charge in [-0.1, -0.05) is 13.8 Å². The van der Waals surface area contributed by atoms with Gasteiger partial charge in [-0.25, -0.2) is 0 Å². The quantitative estimate of drug-likeness (QED) is 0.0391. The van der Waals surface area contributed by atoms with Crippen molar-refractivity contribution in [1.29, 1.82) is 0 Å². The summed E-state index contributed by atoms with van der Waals surface area (Å²) in [7, 11) is 0. The Bertz CT molecular complexity index is 932. The molecular formula is C29H51N5O12. The van der Waals surface area contributed by atoms with Crippen LogP contribution in [0.5, 0.6) is 0 Å². The first kappa shape index (κ1) is 42.3. The first-order valence-corrected chi connectivity index (χ1v) is 15.4. The predicted molar refractivity (Wildman–Crippen MR) is 164 cm³/mol. The highest BCUT2D eigenvalue weighted by molar-refractivity contribution is 5.78. The van der Waals surface area contributed by atoms with Crippen LogP contribution in [-0.2, 0) is 43.0 Å². The third-order valence-electron chi connectivity index (χ3n) is 6.45. The van der Waals surface area contributed by atoms with E-state index in [1.165, 1.54) is 0 Å². The molecule has 0 fully saturated rings. The van der Waals surface area contributed by atoms with Gasteiger partial charge in [0.2, 0.25) is 17.7 Å². The Balaban J connectivity index is 4.47. The molecule has 0 aliphatic rings. The van der Waals surface area contributed by atoms with Crippen molar-refractivity contribution in [3.8, 4) is 0 Å². The number of hydrogen-bond acceptors (Lipinski definition) is 11. The summed E-state index contributed by atoms with van der Waals surface area (Å²) in [5.74, 6) is -4.03. The Hall–Kier alpha value is -3.67. The zero-order chi connectivity index (χ0) is 34.7. The van der Waals surface area contributed by atoms with Crippen molar-refractivity contribution in [2.45, 2.75) is 58.4 Å². The molecule has 0 rings (SSSR count). The van der Waals surface area contributed by atoms with E-state index in [-0.39, 0.29) is 121 Å². The summed E-state index contributed by atoms with van der Waals surface area (Å²) in [6.07, 6.45) is 0.738. The van der Waals surface area contributed by atoms with Crippen LogP contribution >= 0.6 is 0 Å². The van der Waals surface area contributed by atoms with Crippen LogP contribution in [0, 0.1) is 5.92 Å². The van der Waals surface area contributed by atoms with E-state index in [0.29, 0.717) is 19.6 Å². The molecule has 0 aliphatic carbocycles. The van der Waals surface area contributed by atoms with Crippen molar-refractivity contribution >= 4 is 41.9 Å². The number of amides is 3. The lowest BCUT2D eigenvalue weighted by molar-refractivity contribution is -0.138. The second-order valence-electron chi connectivity index (χ2n) is 10.8. The number of hydrogen-bond donors (Lipinski definition) is 6. The monoisotopic (exact) mass is 661 g/mol. The molecule has 46 heavy (non-hydrogen) atoms. The lowest BCUT2D eigenvalue weighted by Gasteiger charge is -2.21. The van der Waals surface area contributed by atoms with Gasteiger partial charge in [0.05, 0.1) is 51.7 Å². The van der Waals surface area contributed by atoms with Gasteiger partial charge < -0.3 is 55.3 Å². The summed E-state index contributed by atoms with van der Waals surface area (Å²) >= 11 is 0. The van der Waals surface area contributed by atoms with Crippen molar-refractivity contribution in [3.05, 3.63) is 0 Å². The molecule has 1 atom stereocenters. The Morgan fingerprint density at radius 3 is 1.43 bits per heavy atom. The highest BCUT2D eigenvalue weighted by atomic mass is 16.5. The smallest absolute Gasteiger partial charge is 0.304 e. The fourth-order valence-corrected chi connectivity index (χ4v) is 3.83. The number of aldehydes is 1. The number of nitrogens with zero attached hydrogens (tertiary/aromatic N) is 2. The van der Waals surface area contributed by atoms with Gasteiger partial charge in [0.15, 0.2) is 0 Å². The molecule has 0 aromatic rings. The molecule has 0 aromatic carbocycles. The third-order valence-corrected chi connectivity index (χ3v) is 6.45. The first-order chi connectivity index (χ1) is 21.8. The van der Waals surface area contributed by atoms with Crippen LogP contribution in [0.15, 0.2) is 0 Å². The number of rotatable bonds is 30. The minimum absolute atomic E-state index is 0.0268. The number of carboxylic acids is 3. The predicted octanol–water partition coefficient (Wildman–Crippen LogP) is -1.21. The minimum atomic E-state index is -1.00. The molecule has 3 amide bonds. The normalized spacial score (nSPS) is 11.8. The number of nitrogens with one attached hydrogen (secondary N) is 3. The van der Waals surface area contributed by atoms with Gasteiger partial charge in [-0.15, -0.1) is 0 Å². The van der Waals surface area contributed by atoms with Crippen LogP contribution in [0.25, 0.3) is 0 Å². The molecule has 0 aromatic heterocycles. The van der Waals surface area contributed by atoms with Crippen LogP contribution in [-0.4, -0.2) is 152 Å². The molecule has 0 heterocycles. The van der Waals surface area contributed by atoms with E-state index in [2.05, 4.69) is 16.0 Å². The third kappa shape index (κ3) is 25.6. The van der Waals surface area contributed by atoms with Crippen molar-refractivity contribution < 1.29 is 58.4 Å². The maximum atomic E-state index is 12.2. The zero-order valence-corrected chi connectivity index (χ0v) is 26.9. The maximum Gasteiger partial charge on any atom is 0.304 e. The topological polar surface area (TPSA) is 241 Å². The molecular weight excluding hydrogens is 610 g/mol. The average Bonchev–Trinajstić information content (AvgIpc) is 2.98. The SMILES string of the molecule is CC(C)C(=O)NC(COCCC(=O)NCCN(CCC=O)CCC(=O)O)COCCC(=O)NCCN(CCC(=O)O)CCC(=O)O. The van der Waals surface area contributed by atoms with Gasteiger partial charge in [-0.3, -0.25) is 28.8 Å². The zero-order valence-electron chi connectivity index (χ0n) is 26.9. The van der Waals surface area contributed by atoms with Crippen LogP contribution in [0.3, 0.4) is 0 Å². The van der Waals surface area contributed by atoms with Crippen LogP contribution in [0.4, 0.5) is 0 Å². The van der Waals surface area contributed by atoms with E-state index >= 15 is 0 Å². The highest BCUT2D eigenvalue weighted by Gasteiger charge is 2.17. The summed E-state index contributed by atoms with van der Waals surface area (Å²) in [6.45, 7) is 5.87. The molecule has 0 spiro atoms. The van der Waals surface area contributed by atoms with Crippen molar-refractivity contribution in [1.82, 2.24) is 25.8 Å². The summed E-state index contributed by atoms with van der Waals surface area (Å²) < 4.78 is 11.2. The van der Waals surface area contributed by atoms with Gasteiger partial charge in [0.1, 0.15) is 6.29 Å². The number of ether oxygens (including phenoxy) is 2. The Morgan fingerprint density at radius 2 is 1.07 bits per heavy atom. The largest absolute Gasteiger partial charge is 0.481 e. The van der Waals surface area contributed by atoms with Crippen LogP contribution < -0.4 is 16.0 Å². The Morgan fingerprint density at radius 1 is 0.652 bits per heavy atom. The maximum absolute atomic E-state index is 12.2. The number of carbonyl (C=O) groups is 7. The van der Waals surface area contributed by atoms with Gasteiger partial charge >= 0.3 is 17.9 Å². The molecule has 1 unspecified atom stereocenters. The summed E-state index contributed by atoms with van der Waals surface area (Å²) in [4.78, 5) is 83.1. The molecule has 264 valence electrons. The lowest BCUT2D eigenvalue weighted by Crippen LogP contribution is -2.43. The summed E-state index contributed by atoms with van der Waals surface area (Å²) in [6, 6.07) is -0.529. The van der Waals surface area contributed by atoms with Crippen molar-refractivity contribution in [2.75, 3.05) is 78.8 Å². The summed E-state index contributed by atoms with van der Waals surface area (Å²) in [5, 5.41) is 34.8. The Labute approximate surface area is 269 Å². The average molecular weight is 662 g/mol. The standard InChI is InChI=1S/C29H51N5O12/c1-22(2)29(44)32-23(20-45-18-7-24(36)30-9-15-33(11-3-17-35)12-4-26(38)39)21-46-19-8-25(37)31-10-16-34(13-5-27(40)41)14-6-28(42)43/h17,22-23H,3-16,18-21H2,1-2H3,(H,30,36)(H,31,37)(H,32,44)(H,38,39)(H,40,41)(H,42,43). The Kier molecular flexibility index (Phi) is 24.4. The van der Waals surface area contributed by atoms with Crippen molar-refractivity contribution in [2.24, 2.45) is 5.92 Å². The second kappa shape index (κ2) is 26.5. The molecule has 0 saturated heterocycles. The number of carbonyl (C=O) groups excluding carboxylic acids is 4. The van der Waals surface area contributed by atoms with Gasteiger partial charge in [-0.05, 0) is 0 Å². The first-order valence-electron chi connectivity index (χ1n) is 15.4. The number of carboxylic acid groups (broad SMARTS) is 3. The van der Waals surface area contributed by atoms with E-state index in [4.69, 9.17) is 24.8 Å². The highest BCUT2D eigenvalue weighted by Crippen LogP contribution is 1.99. The van der Waals surface area contributed by atoms with E-state index in [1.807, 2.05) is 0 Å². The molecule has 17 nitrogen and oxygen atoms in total. The van der Waals surface area contributed by atoms with Crippen LogP contribution in [0.2, 0.25) is 0 Å². The second-order valence-corrected chi connectivity index (χ2v) is 10.8. The molecule has 6 N–H and O–H groups in total. The number of aliphatic carboxylic acids is 3. The van der Waals surface area contributed by atoms with Gasteiger partial charge in [-0.2, -0.15) is 0 Å². The molecule has 17 heteroatoms. The fourth-order valence-electron chi connectivity index (χ4n) is 3.83. The molecule has 0 radical (unpaired) electrons. The molecule has 0 aliphatic heterocycles. The summed E-state index contributed by atoms with van der Waals surface area (Å²) in [5.41, 5.74) is 0. The van der Waals surface area contributed by atoms with E-state index < -0.39 is 23.9 Å². The molecule has 0 bridgehead atoms. The minimum Gasteiger partial charge on any atom is -0.481 e. The van der Waals surface area contributed by atoms with Gasteiger partial charge in [0, 0.05) is 77.5 Å². The lowest BCUT2D eigenvalue weighted by atomic mass is 10.2.